The van der Waals surface area contributed by atoms with Crippen LogP contribution in [-0.2, 0) is 25.0 Å². The van der Waals surface area contributed by atoms with Crippen LogP contribution in [0.1, 0.15) is 41.2 Å². The predicted octanol–water partition coefficient (Wildman–Crippen LogP) is 7.84. The third-order valence-electron chi connectivity index (χ3n) is 4.64. The van der Waals surface area contributed by atoms with Crippen LogP contribution in [-0.4, -0.2) is 0 Å². The van der Waals surface area contributed by atoms with E-state index >= 15 is 0 Å². The molecule has 3 aromatic carbocycles. The fraction of sp³-hybridized carbons (Fsp3) is 0.333. The van der Waals surface area contributed by atoms with Crippen LogP contribution in [0.5, 0.6) is 0 Å². The molecule has 3 aromatic rings. The predicted molar refractivity (Wildman–Crippen MR) is 112 cm³/mol. The molecule has 3 rings (SSSR count). The van der Waals surface area contributed by atoms with E-state index in [0.29, 0.717) is 0 Å². The summed E-state index contributed by atoms with van der Waals surface area (Å²) in [7, 11) is 0. The smallest absolute Gasteiger partial charge is 0.0809 e. The third kappa shape index (κ3) is 6.08. The minimum Gasteiger partial charge on any atom is -0.168 e. The first-order valence-electron chi connectivity index (χ1n) is 8.26. The SMILES string of the molecule is CCCc1c(C)c(C)c(C)[c-]1C.[Br][Zr+2][Br].c1ccc2[cH-]ccc2c1. The Labute approximate surface area is 170 Å². The average Bonchev–Trinajstić information content (AvgIpc) is 3.12. The van der Waals surface area contributed by atoms with Crippen LogP contribution >= 0.6 is 24.4 Å². The molecular formula is C21H26Br2Zr. The molecule has 0 bridgehead atoms. The molecule has 24 heavy (non-hydrogen) atoms. The van der Waals surface area contributed by atoms with Gasteiger partial charge in [-0.25, -0.2) is 0 Å². The number of hydrogen-bond donors (Lipinski definition) is 0. The van der Waals surface area contributed by atoms with Crippen molar-refractivity contribution in [1.29, 1.82) is 0 Å². The van der Waals surface area contributed by atoms with Gasteiger partial charge in [-0.2, -0.15) is 45.3 Å². The van der Waals surface area contributed by atoms with Crippen LogP contribution in [0.4, 0.5) is 0 Å². The minimum atomic E-state index is -0.145. The van der Waals surface area contributed by atoms with E-state index in [9.17, 15) is 0 Å². The van der Waals surface area contributed by atoms with Gasteiger partial charge in [0, 0.05) is 0 Å². The van der Waals surface area contributed by atoms with E-state index in [2.05, 4.69) is 102 Å². The van der Waals surface area contributed by atoms with Gasteiger partial charge < -0.3 is 0 Å². The Morgan fingerprint density at radius 3 is 2.17 bits per heavy atom. The Morgan fingerprint density at radius 1 is 1.04 bits per heavy atom. The summed E-state index contributed by atoms with van der Waals surface area (Å²) >= 11 is 6.32. The summed E-state index contributed by atoms with van der Waals surface area (Å²) in [5.74, 6) is 0. The van der Waals surface area contributed by atoms with Gasteiger partial charge in [-0.15, -0.1) is 29.7 Å². The number of benzene rings is 1. The molecule has 0 spiro atoms. The van der Waals surface area contributed by atoms with Gasteiger partial charge in [-0.3, -0.25) is 0 Å². The van der Waals surface area contributed by atoms with Crippen LogP contribution in [0, 0.1) is 27.7 Å². The molecule has 0 atom stereocenters. The van der Waals surface area contributed by atoms with Crippen molar-refractivity contribution < 1.29 is 18.5 Å². The van der Waals surface area contributed by atoms with Crippen molar-refractivity contribution in [2.24, 2.45) is 0 Å². The molecule has 0 N–H and O–H groups in total. The maximum Gasteiger partial charge on any atom is -0.0809 e. The van der Waals surface area contributed by atoms with Gasteiger partial charge in [0.2, 0.25) is 0 Å². The second-order valence-corrected chi connectivity index (χ2v) is 17.3. The van der Waals surface area contributed by atoms with Crippen molar-refractivity contribution in [3.8, 4) is 0 Å². The number of rotatable bonds is 2. The van der Waals surface area contributed by atoms with E-state index in [4.69, 9.17) is 0 Å². The summed E-state index contributed by atoms with van der Waals surface area (Å²) in [5.41, 5.74) is 7.62. The van der Waals surface area contributed by atoms with E-state index in [1.54, 1.807) is 5.56 Å². The van der Waals surface area contributed by atoms with E-state index < -0.39 is 0 Å². The molecule has 0 aliphatic rings. The summed E-state index contributed by atoms with van der Waals surface area (Å²) in [5, 5.41) is 2.66. The van der Waals surface area contributed by atoms with Crippen molar-refractivity contribution in [3.63, 3.8) is 0 Å². The van der Waals surface area contributed by atoms with Crippen molar-refractivity contribution in [2.45, 2.75) is 47.5 Å². The zero-order valence-electron chi connectivity index (χ0n) is 15.2. The molecule has 0 aliphatic heterocycles. The standard InChI is InChI=1S/C12H19.C9H7.2BrH.Zr/c1-6-7-12-10(4)8(2)9(3)11(12)5;1-2-5-9-7-3-6-8(9)4-1;;;/h6-7H2,1-5H3;1-7H;2*1H;/q2*-1;;;+4/p-2. The molecule has 0 aliphatic carbocycles. The Balaban J connectivity index is 0.000000211. The molecule has 0 aromatic heterocycles. The molecular weight excluding hydrogens is 503 g/mol. The van der Waals surface area contributed by atoms with Crippen molar-refractivity contribution in [2.75, 3.05) is 0 Å². The topological polar surface area (TPSA) is 0 Å². The monoisotopic (exact) mass is 526 g/mol. The van der Waals surface area contributed by atoms with Gasteiger partial charge in [0.15, 0.2) is 0 Å². The molecule has 0 unspecified atom stereocenters. The number of fused-ring (bicyclic) bond motifs is 1. The fourth-order valence-corrected chi connectivity index (χ4v) is 2.99. The Hall–Kier alpha value is 0.0231. The molecule has 0 saturated heterocycles. The molecule has 0 fully saturated rings. The maximum atomic E-state index is 3.23. The molecule has 0 amide bonds. The summed E-state index contributed by atoms with van der Waals surface area (Å²) < 4.78 is 0. The zero-order valence-corrected chi connectivity index (χ0v) is 20.8. The van der Waals surface area contributed by atoms with Gasteiger partial charge in [0.25, 0.3) is 0 Å². The fourth-order valence-electron chi connectivity index (χ4n) is 2.99. The normalized spacial score (nSPS) is 9.62. The molecule has 0 radical (unpaired) electrons. The van der Waals surface area contributed by atoms with Crippen LogP contribution < -0.4 is 0 Å². The van der Waals surface area contributed by atoms with Crippen molar-refractivity contribution >= 4 is 35.2 Å². The summed E-state index contributed by atoms with van der Waals surface area (Å²) in [6, 6.07) is 14.7. The Morgan fingerprint density at radius 2 is 1.67 bits per heavy atom. The van der Waals surface area contributed by atoms with Crippen molar-refractivity contribution in [1.82, 2.24) is 0 Å². The van der Waals surface area contributed by atoms with Gasteiger partial charge >= 0.3 is 43.0 Å². The Kier molecular flexibility index (Phi) is 10.7. The van der Waals surface area contributed by atoms with E-state index in [0.717, 1.165) is 0 Å². The van der Waals surface area contributed by atoms with E-state index in [1.807, 2.05) is 0 Å². The first kappa shape index (κ1) is 22.1. The zero-order chi connectivity index (χ0) is 18.1. The van der Waals surface area contributed by atoms with Crippen LogP contribution in [0.25, 0.3) is 10.8 Å². The van der Waals surface area contributed by atoms with Gasteiger partial charge in [0.1, 0.15) is 0 Å². The van der Waals surface area contributed by atoms with Gasteiger partial charge in [-0.1, -0.05) is 53.5 Å². The number of halogens is 2. The summed E-state index contributed by atoms with van der Waals surface area (Å²) in [4.78, 5) is 0. The van der Waals surface area contributed by atoms with E-state index in [1.165, 1.54) is 45.9 Å². The molecule has 0 nitrogen and oxygen atoms in total. The summed E-state index contributed by atoms with van der Waals surface area (Å²) in [6.07, 6.45) is 2.50. The Bertz CT molecular complexity index is 682. The average molecular weight is 529 g/mol. The third-order valence-corrected chi connectivity index (χ3v) is 4.64. The van der Waals surface area contributed by atoms with Gasteiger partial charge in [0.05, 0.1) is 0 Å². The first-order valence-corrected chi connectivity index (χ1v) is 19.5. The molecule has 3 heteroatoms. The molecule has 128 valence electrons. The second-order valence-electron chi connectivity index (χ2n) is 5.95. The van der Waals surface area contributed by atoms with Crippen LogP contribution in [0.2, 0.25) is 0 Å². The molecule has 0 heterocycles. The van der Waals surface area contributed by atoms with E-state index in [-0.39, 0.29) is 18.5 Å². The van der Waals surface area contributed by atoms with Crippen molar-refractivity contribution in [3.05, 3.63) is 70.3 Å². The molecule has 0 saturated carbocycles. The minimum absolute atomic E-state index is 0.145. The van der Waals surface area contributed by atoms with Crippen LogP contribution in [0.15, 0.2) is 42.5 Å². The first-order chi connectivity index (χ1) is 11.5. The largest absolute Gasteiger partial charge is 0.168 e. The second kappa shape index (κ2) is 11.6. The number of hydrogen-bond acceptors (Lipinski definition) is 0. The van der Waals surface area contributed by atoms with Crippen LogP contribution in [0.3, 0.4) is 0 Å². The quantitative estimate of drug-likeness (QED) is 0.297. The van der Waals surface area contributed by atoms with Gasteiger partial charge in [-0.05, 0) is 0 Å². The summed E-state index contributed by atoms with van der Waals surface area (Å²) in [6.45, 7) is 11.2. The maximum absolute atomic E-state index is 3.23.